The van der Waals surface area contributed by atoms with Crippen LogP contribution < -0.4 is 10.6 Å². The zero-order valence-electron chi connectivity index (χ0n) is 15.8. The Hall–Kier alpha value is -1.64. The summed E-state index contributed by atoms with van der Waals surface area (Å²) in [6, 6.07) is 3.82. The first-order valence-electron chi connectivity index (χ1n) is 8.90. The van der Waals surface area contributed by atoms with Crippen LogP contribution in [0.4, 0.5) is 8.78 Å². The van der Waals surface area contributed by atoms with Crippen LogP contribution in [0, 0.1) is 25.5 Å². The van der Waals surface area contributed by atoms with E-state index >= 15 is 0 Å². The predicted molar refractivity (Wildman–Crippen MR) is 108 cm³/mol. The van der Waals surface area contributed by atoms with Gasteiger partial charge in [-0.05, 0) is 44.5 Å². The van der Waals surface area contributed by atoms with Gasteiger partial charge in [-0.25, -0.2) is 8.78 Å². The van der Waals surface area contributed by atoms with Gasteiger partial charge in [0.2, 0.25) is 5.91 Å². The van der Waals surface area contributed by atoms with Crippen LogP contribution in [0.5, 0.6) is 0 Å². The number of carbonyl (C=O) groups is 1. The molecule has 1 aliphatic heterocycles. The Bertz CT molecular complexity index is 799. The maximum Gasteiger partial charge on any atom is 0.230 e. The molecule has 0 bridgehead atoms. The number of halogens is 3. The first kappa shape index (κ1) is 22.6. The van der Waals surface area contributed by atoms with Gasteiger partial charge in [0, 0.05) is 29.8 Å². The molecular weight excluding hydrogens is 408 g/mol. The molecule has 0 aliphatic carbocycles. The van der Waals surface area contributed by atoms with Crippen LogP contribution in [0.25, 0.3) is 0 Å². The molecule has 2 N–H and O–H groups in total. The topological polar surface area (TPSA) is 67.2 Å². The second-order valence-electron chi connectivity index (χ2n) is 6.74. The summed E-state index contributed by atoms with van der Waals surface area (Å²) >= 11 is 1.50. The minimum Gasteiger partial charge on any atom is -0.361 e. The summed E-state index contributed by atoms with van der Waals surface area (Å²) in [7, 11) is 0. The van der Waals surface area contributed by atoms with Crippen molar-refractivity contribution in [3.05, 3.63) is 52.4 Å². The molecule has 1 fully saturated rings. The van der Waals surface area contributed by atoms with Crippen molar-refractivity contribution in [2.75, 3.05) is 18.8 Å². The molecule has 1 aromatic heterocycles. The molecule has 154 valence electrons. The summed E-state index contributed by atoms with van der Waals surface area (Å²) in [4.78, 5) is 12.4. The third kappa shape index (κ3) is 5.46. The van der Waals surface area contributed by atoms with Gasteiger partial charge < -0.3 is 15.2 Å². The zero-order chi connectivity index (χ0) is 19.4. The van der Waals surface area contributed by atoms with E-state index in [1.807, 2.05) is 13.8 Å². The average Bonchev–Trinajstić information content (AvgIpc) is 2.96. The number of piperidine rings is 1. The molecule has 1 amide bonds. The van der Waals surface area contributed by atoms with E-state index in [0.29, 0.717) is 23.6 Å². The Morgan fingerprint density at radius 1 is 1.36 bits per heavy atom. The minimum atomic E-state index is -0.857. The van der Waals surface area contributed by atoms with Gasteiger partial charge in [0.05, 0.1) is 11.4 Å². The Morgan fingerprint density at radius 2 is 2.14 bits per heavy atom. The van der Waals surface area contributed by atoms with Crippen LogP contribution in [0.3, 0.4) is 0 Å². The number of nitrogens with one attached hydrogen (secondary N) is 2. The minimum absolute atomic E-state index is 0. The van der Waals surface area contributed by atoms with E-state index in [1.54, 1.807) is 6.07 Å². The number of nitrogens with zero attached hydrogens (tertiary/aromatic N) is 1. The third-order valence-corrected chi connectivity index (χ3v) is 5.82. The lowest BCUT2D eigenvalue weighted by molar-refractivity contribution is -0.119. The highest BCUT2D eigenvalue weighted by Crippen LogP contribution is 2.27. The van der Waals surface area contributed by atoms with Crippen molar-refractivity contribution in [2.24, 2.45) is 0 Å². The number of carbonyl (C=O) groups excluding carboxylic acids is 1. The molecule has 0 saturated carbocycles. The van der Waals surface area contributed by atoms with Crippen molar-refractivity contribution in [3.8, 4) is 0 Å². The second-order valence-corrected chi connectivity index (χ2v) is 7.73. The first-order valence-corrected chi connectivity index (χ1v) is 10.1. The standard InChI is InChI=1S/C19H23F2N3O2S.ClH/c1-11-15(12(2)26-24-11)9-27-10-19(25)23-18-8-22-6-5-14(18)13-3-4-16(20)17(21)7-13;/h3-4,7,14,18,22H,5-6,8-10H2,1-2H3,(H,23,25);1H. The van der Waals surface area contributed by atoms with E-state index in [0.717, 1.165) is 36.0 Å². The number of rotatable bonds is 6. The first-order chi connectivity index (χ1) is 13.0. The lowest BCUT2D eigenvalue weighted by Crippen LogP contribution is -2.50. The molecule has 0 spiro atoms. The number of aryl methyl sites for hydroxylation is 2. The summed E-state index contributed by atoms with van der Waals surface area (Å²) in [5.41, 5.74) is 2.58. The molecule has 5 nitrogen and oxygen atoms in total. The molecule has 1 aliphatic rings. The molecular formula is C19H24ClF2N3O2S. The van der Waals surface area contributed by atoms with Crippen LogP contribution in [0.2, 0.25) is 0 Å². The average molecular weight is 432 g/mol. The van der Waals surface area contributed by atoms with Gasteiger partial charge in [0.15, 0.2) is 11.6 Å². The summed E-state index contributed by atoms with van der Waals surface area (Å²) < 4.78 is 31.9. The molecule has 1 saturated heterocycles. The van der Waals surface area contributed by atoms with Crippen LogP contribution in [-0.2, 0) is 10.5 Å². The summed E-state index contributed by atoms with van der Waals surface area (Å²) in [5, 5.41) is 10.2. The highest BCUT2D eigenvalue weighted by molar-refractivity contribution is 7.99. The SMILES string of the molecule is Cc1noc(C)c1CSCC(=O)NC1CNCCC1c1ccc(F)c(F)c1.Cl. The van der Waals surface area contributed by atoms with Crippen molar-refractivity contribution >= 4 is 30.1 Å². The van der Waals surface area contributed by atoms with Crippen molar-refractivity contribution < 1.29 is 18.1 Å². The quantitative estimate of drug-likeness (QED) is 0.732. The van der Waals surface area contributed by atoms with Crippen molar-refractivity contribution in [2.45, 2.75) is 38.0 Å². The zero-order valence-corrected chi connectivity index (χ0v) is 17.4. The predicted octanol–water partition coefficient (Wildman–Crippen LogP) is 3.49. The number of amides is 1. The van der Waals surface area contributed by atoms with E-state index in [-0.39, 0.29) is 30.3 Å². The van der Waals surface area contributed by atoms with Crippen LogP contribution in [0.15, 0.2) is 22.7 Å². The summed E-state index contributed by atoms with van der Waals surface area (Å²) in [6.07, 6.45) is 0.752. The molecule has 2 heterocycles. The van der Waals surface area contributed by atoms with Gasteiger partial charge in [0.25, 0.3) is 0 Å². The highest BCUT2D eigenvalue weighted by atomic mass is 35.5. The fourth-order valence-corrected chi connectivity index (χ4v) is 4.34. The lowest BCUT2D eigenvalue weighted by Gasteiger charge is -2.33. The number of thioether (sulfide) groups is 1. The maximum absolute atomic E-state index is 13.6. The molecule has 9 heteroatoms. The summed E-state index contributed by atoms with van der Waals surface area (Å²) in [5.74, 6) is -0.0915. The number of benzene rings is 1. The van der Waals surface area contributed by atoms with Gasteiger partial charge in [-0.1, -0.05) is 11.2 Å². The maximum atomic E-state index is 13.6. The highest BCUT2D eigenvalue weighted by Gasteiger charge is 2.28. The Balaban J connectivity index is 0.00000280. The Labute approximate surface area is 173 Å². The fourth-order valence-electron chi connectivity index (χ4n) is 3.35. The number of aromatic nitrogens is 1. The molecule has 2 aromatic rings. The van der Waals surface area contributed by atoms with E-state index in [4.69, 9.17) is 4.52 Å². The van der Waals surface area contributed by atoms with E-state index in [1.165, 1.54) is 17.8 Å². The fraction of sp³-hybridized carbons (Fsp3) is 0.474. The molecule has 28 heavy (non-hydrogen) atoms. The number of hydrogen-bond donors (Lipinski definition) is 2. The van der Waals surface area contributed by atoms with E-state index in [9.17, 15) is 13.6 Å². The van der Waals surface area contributed by atoms with Gasteiger partial charge in [-0.2, -0.15) is 0 Å². The van der Waals surface area contributed by atoms with Crippen molar-refractivity contribution in [1.29, 1.82) is 0 Å². The van der Waals surface area contributed by atoms with Gasteiger partial charge in [0.1, 0.15) is 5.76 Å². The smallest absolute Gasteiger partial charge is 0.230 e. The van der Waals surface area contributed by atoms with Crippen LogP contribution >= 0.6 is 24.2 Å². The monoisotopic (exact) mass is 431 g/mol. The van der Waals surface area contributed by atoms with Crippen molar-refractivity contribution in [1.82, 2.24) is 15.8 Å². The normalized spacial score (nSPS) is 19.1. The largest absolute Gasteiger partial charge is 0.361 e. The second kappa shape index (κ2) is 10.2. The summed E-state index contributed by atoms with van der Waals surface area (Å²) in [6.45, 7) is 5.11. The Kier molecular flexibility index (Phi) is 8.27. The molecule has 2 atom stereocenters. The molecule has 3 rings (SSSR count). The van der Waals surface area contributed by atoms with E-state index < -0.39 is 11.6 Å². The van der Waals surface area contributed by atoms with E-state index in [2.05, 4.69) is 15.8 Å². The van der Waals surface area contributed by atoms with Gasteiger partial charge in [-0.3, -0.25) is 4.79 Å². The molecule has 0 radical (unpaired) electrons. The molecule has 1 aromatic carbocycles. The van der Waals surface area contributed by atoms with Crippen molar-refractivity contribution in [3.63, 3.8) is 0 Å². The van der Waals surface area contributed by atoms with Crippen LogP contribution in [-0.4, -0.2) is 35.9 Å². The lowest BCUT2D eigenvalue weighted by atomic mass is 9.86. The third-order valence-electron chi connectivity index (χ3n) is 4.86. The molecule has 2 unspecified atom stereocenters. The number of hydrogen-bond acceptors (Lipinski definition) is 5. The Morgan fingerprint density at radius 3 is 2.82 bits per heavy atom. The van der Waals surface area contributed by atoms with Crippen LogP contribution in [0.1, 0.15) is 34.9 Å². The van der Waals surface area contributed by atoms with Gasteiger partial charge >= 0.3 is 0 Å². The van der Waals surface area contributed by atoms with Gasteiger partial charge in [-0.15, -0.1) is 24.2 Å².